The molecule has 0 spiro atoms. The number of nitrogens with one attached hydrogen (secondary N) is 1. The van der Waals surface area contributed by atoms with Gasteiger partial charge in [-0.25, -0.2) is 0 Å². The van der Waals surface area contributed by atoms with E-state index in [4.69, 9.17) is 0 Å². The van der Waals surface area contributed by atoms with Gasteiger partial charge in [0, 0.05) is 17.6 Å². The summed E-state index contributed by atoms with van der Waals surface area (Å²) in [5.74, 6) is 0.154. The van der Waals surface area contributed by atoms with Crippen LogP contribution in [0.1, 0.15) is 42.4 Å². The van der Waals surface area contributed by atoms with Gasteiger partial charge in [-0.3, -0.25) is 9.69 Å². The maximum absolute atomic E-state index is 12.8. The maximum Gasteiger partial charge on any atom is 0.230 e. The van der Waals surface area contributed by atoms with E-state index in [-0.39, 0.29) is 11.3 Å². The molecule has 1 saturated carbocycles. The first kappa shape index (κ1) is 17.7. The second-order valence-electron chi connectivity index (χ2n) is 7.57. The Balaban J connectivity index is 1.33. The van der Waals surface area contributed by atoms with Gasteiger partial charge in [-0.15, -0.1) is 0 Å². The van der Waals surface area contributed by atoms with E-state index in [9.17, 15) is 4.79 Å². The number of hydrogen-bond acceptors (Lipinski definition) is 2. The van der Waals surface area contributed by atoms with E-state index in [1.165, 1.54) is 31.5 Å². The number of rotatable bonds is 6. The lowest BCUT2D eigenvalue weighted by Crippen LogP contribution is -2.34. The van der Waals surface area contributed by atoms with Gasteiger partial charge in [0.15, 0.2) is 0 Å². The standard InChI is InChI=1S/C22H25BrN2O/c23-20-9-7-19(8-10-20)22(11-12-22)21(26)24-15-17-3-5-18(6-4-17)16-25-13-1-2-14-25/h3-10H,1-2,11-16H2,(H,24,26). The van der Waals surface area contributed by atoms with Crippen molar-refractivity contribution in [1.29, 1.82) is 0 Å². The Morgan fingerprint density at radius 1 is 0.962 bits per heavy atom. The molecule has 0 radical (unpaired) electrons. The Bertz CT molecular complexity index is 760. The monoisotopic (exact) mass is 412 g/mol. The molecule has 2 aromatic carbocycles. The summed E-state index contributed by atoms with van der Waals surface area (Å²) in [5, 5.41) is 3.15. The molecule has 136 valence electrons. The first-order valence-corrected chi connectivity index (χ1v) is 10.3. The van der Waals surface area contributed by atoms with Crippen molar-refractivity contribution in [2.45, 2.75) is 44.2 Å². The molecule has 0 aromatic heterocycles. The van der Waals surface area contributed by atoms with E-state index in [1.807, 2.05) is 12.1 Å². The van der Waals surface area contributed by atoms with Gasteiger partial charge in [0.25, 0.3) is 0 Å². The predicted molar refractivity (Wildman–Crippen MR) is 108 cm³/mol. The van der Waals surface area contributed by atoms with Crippen LogP contribution in [-0.2, 0) is 23.3 Å². The summed E-state index contributed by atoms with van der Waals surface area (Å²) in [6.07, 6.45) is 4.53. The lowest BCUT2D eigenvalue weighted by Gasteiger charge is -2.17. The van der Waals surface area contributed by atoms with Gasteiger partial charge in [0.2, 0.25) is 5.91 Å². The smallest absolute Gasteiger partial charge is 0.230 e. The van der Waals surface area contributed by atoms with Gasteiger partial charge < -0.3 is 5.32 Å². The van der Waals surface area contributed by atoms with E-state index in [0.29, 0.717) is 6.54 Å². The Morgan fingerprint density at radius 2 is 1.58 bits per heavy atom. The number of halogens is 1. The highest BCUT2D eigenvalue weighted by Gasteiger charge is 2.50. The fraction of sp³-hybridized carbons (Fsp3) is 0.409. The predicted octanol–water partition coefficient (Wildman–Crippen LogP) is 4.39. The molecule has 1 heterocycles. The lowest BCUT2D eigenvalue weighted by atomic mass is 9.95. The number of carbonyl (C=O) groups excluding carboxylic acids is 1. The first-order chi connectivity index (χ1) is 12.7. The van der Waals surface area contributed by atoms with Crippen LogP contribution in [0.4, 0.5) is 0 Å². The van der Waals surface area contributed by atoms with Crippen molar-refractivity contribution in [3.05, 3.63) is 69.7 Å². The molecule has 3 nitrogen and oxygen atoms in total. The van der Waals surface area contributed by atoms with Crippen molar-refractivity contribution in [2.24, 2.45) is 0 Å². The molecule has 1 saturated heterocycles. The van der Waals surface area contributed by atoms with Crippen molar-refractivity contribution in [3.8, 4) is 0 Å². The zero-order valence-corrected chi connectivity index (χ0v) is 16.6. The lowest BCUT2D eigenvalue weighted by molar-refractivity contribution is -0.123. The van der Waals surface area contributed by atoms with Crippen molar-refractivity contribution >= 4 is 21.8 Å². The SMILES string of the molecule is O=C(NCc1ccc(CN2CCCC2)cc1)C1(c2ccc(Br)cc2)CC1. The zero-order valence-electron chi connectivity index (χ0n) is 15.0. The number of carbonyl (C=O) groups is 1. The van der Waals surface area contributed by atoms with Crippen molar-refractivity contribution in [3.63, 3.8) is 0 Å². The van der Waals surface area contributed by atoms with Crippen molar-refractivity contribution in [1.82, 2.24) is 10.2 Å². The molecule has 0 atom stereocenters. The fourth-order valence-corrected chi connectivity index (χ4v) is 4.12. The average Bonchev–Trinajstić information content (AvgIpc) is 3.32. The van der Waals surface area contributed by atoms with Gasteiger partial charge in [0.1, 0.15) is 0 Å². The molecule has 1 N–H and O–H groups in total. The Hall–Kier alpha value is -1.65. The molecule has 0 unspecified atom stereocenters. The summed E-state index contributed by atoms with van der Waals surface area (Å²) >= 11 is 3.46. The van der Waals surface area contributed by atoms with Crippen molar-refractivity contribution in [2.75, 3.05) is 13.1 Å². The summed E-state index contributed by atoms with van der Waals surface area (Å²) in [6.45, 7) is 4.08. The van der Waals surface area contributed by atoms with Gasteiger partial charge >= 0.3 is 0 Å². The second kappa shape index (κ2) is 7.53. The van der Waals surface area contributed by atoms with Crippen LogP contribution in [0.2, 0.25) is 0 Å². The molecule has 1 amide bonds. The van der Waals surface area contributed by atoms with Crippen LogP contribution in [0, 0.1) is 0 Å². The van der Waals surface area contributed by atoms with Gasteiger partial charge in [0.05, 0.1) is 5.41 Å². The maximum atomic E-state index is 12.8. The Kier molecular flexibility index (Phi) is 5.14. The summed E-state index contributed by atoms with van der Waals surface area (Å²) in [6, 6.07) is 16.8. The average molecular weight is 413 g/mol. The molecular weight excluding hydrogens is 388 g/mol. The van der Waals surface area contributed by atoms with Crippen LogP contribution in [0.5, 0.6) is 0 Å². The summed E-state index contributed by atoms with van der Waals surface area (Å²) in [4.78, 5) is 15.3. The summed E-state index contributed by atoms with van der Waals surface area (Å²) in [7, 11) is 0. The van der Waals surface area contributed by atoms with E-state index < -0.39 is 0 Å². The number of amides is 1. The molecule has 4 rings (SSSR count). The highest BCUT2D eigenvalue weighted by molar-refractivity contribution is 9.10. The number of benzene rings is 2. The van der Waals surface area contributed by atoms with Crippen molar-refractivity contribution < 1.29 is 4.79 Å². The van der Waals surface area contributed by atoms with Crippen LogP contribution < -0.4 is 5.32 Å². The van der Waals surface area contributed by atoms with Gasteiger partial charge in [-0.05, 0) is 67.6 Å². The third-order valence-corrected chi connectivity index (χ3v) is 6.19. The third kappa shape index (κ3) is 3.86. The zero-order chi connectivity index (χ0) is 18.0. The van der Waals surface area contributed by atoms with Crippen LogP contribution >= 0.6 is 15.9 Å². The molecular formula is C22H25BrN2O. The molecule has 2 aliphatic rings. The number of hydrogen-bond donors (Lipinski definition) is 1. The molecule has 0 bridgehead atoms. The first-order valence-electron chi connectivity index (χ1n) is 9.50. The number of likely N-dealkylation sites (tertiary alicyclic amines) is 1. The minimum Gasteiger partial charge on any atom is -0.351 e. The van der Waals surface area contributed by atoms with Crippen LogP contribution in [-0.4, -0.2) is 23.9 Å². The molecule has 1 aliphatic carbocycles. The quantitative estimate of drug-likeness (QED) is 0.762. The Labute approximate surface area is 163 Å². The van der Waals surface area contributed by atoms with Crippen LogP contribution in [0.25, 0.3) is 0 Å². The molecule has 2 fully saturated rings. The van der Waals surface area contributed by atoms with E-state index in [2.05, 4.69) is 62.5 Å². The van der Waals surface area contributed by atoms with Crippen LogP contribution in [0.3, 0.4) is 0 Å². The molecule has 4 heteroatoms. The minimum atomic E-state index is -0.309. The third-order valence-electron chi connectivity index (χ3n) is 5.66. The van der Waals surface area contributed by atoms with E-state index in [1.54, 1.807) is 0 Å². The highest BCUT2D eigenvalue weighted by Crippen LogP contribution is 2.48. The molecule has 1 aliphatic heterocycles. The van der Waals surface area contributed by atoms with E-state index >= 15 is 0 Å². The molecule has 26 heavy (non-hydrogen) atoms. The second-order valence-corrected chi connectivity index (χ2v) is 8.49. The summed E-state index contributed by atoms with van der Waals surface area (Å²) in [5.41, 5.74) is 3.33. The molecule has 2 aromatic rings. The van der Waals surface area contributed by atoms with Gasteiger partial charge in [-0.1, -0.05) is 52.3 Å². The van der Waals surface area contributed by atoms with E-state index in [0.717, 1.165) is 35.0 Å². The highest BCUT2D eigenvalue weighted by atomic mass is 79.9. The Morgan fingerprint density at radius 3 is 2.19 bits per heavy atom. The minimum absolute atomic E-state index is 0.154. The number of nitrogens with zero attached hydrogens (tertiary/aromatic N) is 1. The van der Waals surface area contributed by atoms with Gasteiger partial charge in [-0.2, -0.15) is 0 Å². The largest absolute Gasteiger partial charge is 0.351 e. The van der Waals surface area contributed by atoms with Crippen LogP contribution in [0.15, 0.2) is 53.0 Å². The summed E-state index contributed by atoms with van der Waals surface area (Å²) < 4.78 is 1.05. The topological polar surface area (TPSA) is 32.3 Å². The normalized spacial score (nSPS) is 18.7. The fourth-order valence-electron chi connectivity index (χ4n) is 3.85.